The monoisotopic (exact) mass is 267 g/mol. The molecule has 1 N–H and O–H groups in total. The van der Waals surface area contributed by atoms with E-state index in [1.54, 1.807) is 7.11 Å². The number of methoxy groups -OCH3 is 1. The fraction of sp³-hybridized carbons (Fsp3) is 0.786. The van der Waals surface area contributed by atoms with Crippen molar-refractivity contribution in [1.29, 1.82) is 0 Å². The smallest absolute Gasteiger partial charge is 0.151 e. The van der Waals surface area contributed by atoms with Crippen LogP contribution in [0.1, 0.15) is 38.1 Å². The van der Waals surface area contributed by atoms with Crippen LogP contribution in [0.2, 0.25) is 0 Å². The number of hydrogen-bond acceptors (Lipinski definition) is 5. The molecular formula is C14H25N3O2. The highest BCUT2D eigenvalue weighted by atomic mass is 16.5. The van der Waals surface area contributed by atoms with Crippen molar-refractivity contribution in [3.8, 4) is 0 Å². The third-order valence-electron chi connectivity index (χ3n) is 3.55. The van der Waals surface area contributed by atoms with Crippen molar-refractivity contribution < 1.29 is 9.26 Å². The molecule has 0 saturated carbocycles. The van der Waals surface area contributed by atoms with Gasteiger partial charge in [0.1, 0.15) is 0 Å². The van der Waals surface area contributed by atoms with E-state index in [2.05, 4.69) is 35.3 Å². The van der Waals surface area contributed by atoms with Gasteiger partial charge in [-0.15, -0.1) is 0 Å². The maximum atomic E-state index is 5.39. The van der Waals surface area contributed by atoms with Gasteiger partial charge in [-0.25, -0.2) is 0 Å². The second-order valence-electron chi connectivity index (χ2n) is 5.53. The van der Waals surface area contributed by atoms with E-state index in [9.17, 15) is 0 Å². The van der Waals surface area contributed by atoms with Crippen LogP contribution in [-0.2, 0) is 17.8 Å². The highest BCUT2D eigenvalue weighted by Gasteiger charge is 2.19. The number of rotatable bonds is 6. The number of likely N-dealkylation sites (tertiary alicyclic amines) is 1. The van der Waals surface area contributed by atoms with Crippen LogP contribution >= 0.6 is 0 Å². The molecule has 1 fully saturated rings. The van der Waals surface area contributed by atoms with Gasteiger partial charge < -0.3 is 14.6 Å². The quantitative estimate of drug-likeness (QED) is 0.851. The van der Waals surface area contributed by atoms with Crippen LogP contribution < -0.4 is 5.32 Å². The van der Waals surface area contributed by atoms with Crippen molar-refractivity contribution >= 4 is 0 Å². The largest absolute Gasteiger partial charge is 0.381 e. The van der Waals surface area contributed by atoms with Crippen LogP contribution in [0.4, 0.5) is 0 Å². The van der Waals surface area contributed by atoms with Crippen LogP contribution in [0.15, 0.2) is 10.6 Å². The van der Waals surface area contributed by atoms with Crippen molar-refractivity contribution in [2.45, 2.75) is 51.9 Å². The number of ether oxygens (including phenoxy) is 1. The number of piperidine rings is 1. The van der Waals surface area contributed by atoms with Gasteiger partial charge >= 0.3 is 0 Å². The van der Waals surface area contributed by atoms with Crippen molar-refractivity contribution in [2.75, 3.05) is 20.2 Å². The van der Waals surface area contributed by atoms with Crippen LogP contribution in [0.25, 0.3) is 0 Å². The average molecular weight is 267 g/mol. The molecule has 0 radical (unpaired) electrons. The average Bonchev–Trinajstić information content (AvgIpc) is 2.85. The summed E-state index contributed by atoms with van der Waals surface area (Å²) in [6.45, 7) is 8.01. The lowest BCUT2D eigenvalue weighted by atomic mass is 10.1. The van der Waals surface area contributed by atoms with Gasteiger partial charge in [-0.2, -0.15) is 0 Å². The van der Waals surface area contributed by atoms with E-state index in [0.717, 1.165) is 50.5 Å². The van der Waals surface area contributed by atoms with E-state index in [-0.39, 0.29) is 0 Å². The van der Waals surface area contributed by atoms with Crippen LogP contribution in [-0.4, -0.2) is 42.4 Å². The molecule has 1 aromatic rings. The summed E-state index contributed by atoms with van der Waals surface area (Å²) in [5.41, 5.74) is 0.982. The first-order valence-electron chi connectivity index (χ1n) is 7.10. The molecular weight excluding hydrogens is 242 g/mol. The Labute approximate surface area is 115 Å². The lowest BCUT2D eigenvalue weighted by Crippen LogP contribution is -2.36. The highest BCUT2D eigenvalue weighted by molar-refractivity contribution is 5.05. The minimum Gasteiger partial charge on any atom is -0.381 e. The summed E-state index contributed by atoms with van der Waals surface area (Å²) >= 11 is 0. The Morgan fingerprint density at radius 1 is 1.47 bits per heavy atom. The van der Waals surface area contributed by atoms with Crippen molar-refractivity contribution in [1.82, 2.24) is 15.4 Å². The van der Waals surface area contributed by atoms with E-state index >= 15 is 0 Å². The van der Waals surface area contributed by atoms with Crippen molar-refractivity contribution in [3.05, 3.63) is 17.5 Å². The van der Waals surface area contributed by atoms with E-state index in [0.29, 0.717) is 12.1 Å². The molecule has 5 heteroatoms. The normalized spacial score (nSPS) is 18.3. The lowest BCUT2D eigenvalue weighted by molar-refractivity contribution is 0.0364. The van der Waals surface area contributed by atoms with Gasteiger partial charge in [0.15, 0.2) is 5.76 Å². The molecule has 19 heavy (non-hydrogen) atoms. The zero-order valence-electron chi connectivity index (χ0n) is 12.2. The lowest BCUT2D eigenvalue weighted by Gasteiger charge is -2.30. The maximum Gasteiger partial charge on any atom is 0.151 e. The molecule has 0 bridgehead atoms. The zero-order chi connectivity index (χ0) is 13.7. The van der Waals surface area contributed by atoms with Gasteiger partial charge in [-0.05, 0) is 12.8 Å². The molecule has 2 rings (SSSR count). The topological polar surface area (TPSA) is 50.5 Å². The highest BCUT2D eigenvalue weighted by Crippen LogP contribution is 2.16. The Bertz CT molecular complexity index is 371. The first-order chi connectivity index (χ1) is 9.17. The number of nitrogens with one attached hydrogen (secondary N) is 1. The van der Waals surface area contributed by atoms with Gasteiger partial charge in [0, 0.05) is 38.9 Å². The van der Waals surface area contributed by atoms with E-state index in [4.69, 9.17) is 9.26 Å². The third kappa shape index (κ3) is 4.60. The summed E-state index contributed by atoms with van der Waals surface area (Å²) < 4.78 is 10.8. The van der Waals surface area contributed by atoms with Gasteiger partial charge in [-0.1, -0.05) is 19.0 Å². The minimum absolute atomic E-state index is 0.428. The molecule has 2 heterocycles. The van der Waals surface area contributed by atoms with Gasteiger partial charge in [0.25, 0.3) is 0 Å². The molecule has 108 valence electrons. The maximum absolute atomic E-state index is 5.39. The molecule has 1 aliphatic rings. The molecule has 0 unspecified atom stereocenters. The Balaban J connectivity index is 1.77. The molecule has 0 spiro atoms. The minimum atomic E-state index is 0.428. The summed E-state index contributed by atoms with van der Waals surface area (Å²) in [5, 5.41) is 7.44. The fourth-order valence-corrected chi connectivity index (χ4v) is 2.35. The van der Waals surface area contributed by atoms with Crippen molar-refractivity contribution in [2.24, 2.45) is 0 Å². The Morgan fingerprint density at radius 3 is 2.84 bits per heavy atom. The predicted molar refractivity (Wildman–Crippen MR) is 73.8 cm³/mol. The molecule has 0 aromatic carbocycles. The zero-order valence-corrected chi connectivity index (χ0v) is 12.2. The first-order valence-corrected chi connectivity index (χ1v) is 7.10. The summed E-state index contributed by atoms with van der Waals surface area (Å²) in [6, 6.07) is 2.52. The van der Waals surface area contributed by atoms with Crippen LogP contribution in [0, 0.1) is 0 Å². The van der Waals surface area contributed by atoms with Gasteiger partial charge in [-0.3, -0.25) is 4.90 Å². The molecule has 1 saturated heterocycles. The molecule has 0 aliphatic carbocycles. The molecule has 5 nitrogen and oxygen atoms in total. The summed E-state index contributed by atoms with van der Waals surface area (Å²) in [5.74, 6) is 0.955. The van der Waals surface area contributed by atoms with Crippen molar-refractivity contribution in [3.63, 3.8) is 0 Å². The third-order valence-corrected chi connectivity index (χ3v) is 3.55. The van der Waals surface area contributed by atoms with E-state index < -0.39 is 0 Å². The first kappa shape index (κ1) is 14.5. The summed E-state index contributed by atoms with van der Waals surface area (Å²) in [6.07, 6.45) is 2.63. The number of aromatic nitrogens is 1. The SMILES string of the molecule is COC1CCN(Cc2cc(CNC(C)C)no2)CC1. The van der Waals surface area contributed by atoms with E-state index in [1.807, 2.05) is 0 Å². The standard InChI is InChI=1S/C14H25N3O2/c1-11(2)15-9-12-8-14(19-16-12)10-17-6-4-13(18-3)5-7-17/h8,11,13,15H,4-7,9-10H2,1-3H3. The van der Waals surface area contributed by atoms with Crippen LogP contribution in [0.3, 0.4) is 0 Å². The Morgan fingerprint density at radius 2 is 2.21 bits per heavy atom. The predicted octanol–water partition coefficient (Wildman–Crippen LogP) is 1.78. The molecule has 0 atom stereocenters. The molecule has 1 aromatic heterocycles. The molecule has 1 aliphatic heterocycles. The van der Waals surface area contributed by atoms with Gasteiger partial charge in [0.2, 0.25) is 0 Å². The molecule has 0 amide bonds. The van der Waals surface area contributed by atoms with Crippen LogP contribution in [0.5, 0.6) is 0 Å². The second-order valence-corrected chi connectivity index (χ2v) is 5.53. The van der Waals surface area contributed by atoms with E-state index in [1.165, 1.54) is 0 Å². The fourth-order valence-electron chi connectivity index (χ4n) is 2.35. The van der Waals surface area contributed by atoms with Gasteiger partial charge in [0.05, 0.1) is 18.3 Å². The summed E-state index contributed by atoms with van der Waals surface area (Å²) in [4.78, 5) is 2.40. The number of nitrogens with zero attached hydrogens (tertiary/aromatic N) is 2. The Hall–Kier alpha value is -0.910. The Kier molecular flexibility index (Phi) is 5.36. The second kappa shape index (κ2) is 7.03. The summed E-state index contributed by atoms with van der Waals surface area (Å²) in [7, 11) is 1.80. The number of hydrogen-bond donors (Lipinski definition) is 1.